The van der Waals surface area contributed by atoms with E-state index in [4.69, 9.17) is 9.57 Å². The number of hydrogen-bond donors (Lipinski definition) is 1. The van der Waals surface area contributed by atoms with Gasteiger partial charge in [-0.2, -0.15) is 5.06 Å². The van der Waals surface area contributed by atoms with Gasteiger partial charge in [-0.15, -0.1) is 11.3 Å². The minimum atomic E-state index is -1.73. The maximum absolute atomic E-state index is 12.6. The minimum Gasteiger partial charge on any atom is -0.426 e. The first-order valence-corrected chi connectivity index (χ1v) is 10.1. The van der Waals surface area contributed by atoms with Crippen molar-refractivity contribution in [2.45, 2.75) is 32.5 Å². The Hall–Kier alpha value is -3.14. The second-order valence-electron chi connectivity index (χ2n) is 6.86. The van der Waals surface area contributed by atoms with Gasteiger partial charge in [0.2, 0.25) is 6.29 Å². The number of ether oxygens (including phenoxy) is 1. The molecule has 0 spiro atoms. The van der Waals surface area contributed by atoms with E-state index in [9.17, 15) is 24.3 Å². The summed E-state index contributed by atoms with van der Waals surface area (Å²) in [5, 5.41) is 13.0. The number of allylic oxidation sites excluding steroid dienone is 1. The first-order chi connectivity index (χ1) is 14.3. The molecule has 1 atom stereocenters. The lowest BCUT2D eigenvalue weighted by molar-refractivity contribution is -0.247. The molecule has 1 unspecified atom stereocenters. The highest BCUT2D eigenvalue weighted by Gasteiger charge is 2.34. The predicted molar refractivity (Wildman–Crippen MR) is 106 cm³/mol. The van der Waals surface area contributed by atoms with Crippen molar-refractivity contribution in [3.05, 3.63) is 51.2 Å². The zero-order chi connectivity index (χ0) is 21.4. The van der Waals surface area contributed by atoms with Gasteiger partial charge in [-0.05, 0) is 40.8 Å². The molecule has 1 aromatic carbocycles. The van der Waals surface area contributed by atoms with Crippen molar-refractivity contribution in [1.29, 1.82) is 0 Å². The SMILES string of the molecule is CC(=O)Oc1cc2c(cc1C(O)ON1C(=O)CCC1=O)C=C(c1cccs1)C(=O)C2. The molecule has 1 aliphatic heterocycles. The molecule has 9 heteroatoms. The number of carbonyl (C=O) groups excluding carboxylic acids is 4. The van der Waals surface area contributed by atoms with Crippen LogP contribution in [-0.4, -0.2) is 33.7 Å². The second-order valence-corrected chi connectivity index (χ2v) is 7.81. The number of Topliss-reactive ketones (excluding diaryl/α,β-unsaturated/α-hetero) is 1. The molecule has 1 fully saturated rings. The number of aliphatic hydroxyl groups is 1. The maximum Gasteiger partial charge on any atom is 0.308 e. The smallest absolute Gasteiger partial charge is 0.308 e. The highest BCUT2D eigenvalue weighted by Crippen LogP contribution is 2.37. The van der Waals surface area contributed by atoms with Crippen LogP contribution in [0.5, 0.6) is 5.75 Å². The molecular formula is C21H17NO7S. The largest absolute Gasteiger partial charge is 0.426 e. The number of amides is 2. The van der Waals surface area contributed by atoms with Gasteiger partial charge in [-0.1, -0.05) is 6.07 Å². The van der Waals surface area contributed by atoms with Crippen LogP contribution in [0.25, 0.3) is 11.6 Å². The molecule has 30 heavy (non-hydrogen) atoms. The van der Waals surface area contributed by atoms with Crippen LogP contribution >= 0.6 is 11.3 Å². The lowest BCUT2D eigenvalue weighted by Crippen LogP contribution is -2.31. The number of carbonyl (C=O) groups is 4. The van der Waals surface area contributed by atoms with E-state index in [0.29, 0.717) is 21.8 Å². The van der Waals surface area contributed by atoms with E-state index in [0.717, 1.165) is 4.88 Å². The Morgan fingerprint density at radius 2 is 1.93 bits per heavy atom. The summed E-state index contributed by atoms with van der Waals surface area (Å²) in [6.45, 7) is 1.20. The fourth-order valence-corrected chi connectivity index (χ4v) is 4.12. The van der Waals surface area contributed by atoms with Gasteiger partial charge in [0.25, 0.3) is 11.8 Å². The third-order valence-electron chi connectivity index (χ3n) is 4.74. The lowest BCUT2D eigenvalue weighted by atomic mass is 9.89. The minimum absolute atomic E-state index is 0.00155. The molecule has 2 aromatic rings. The summed E-state index contributed by atoms with van der Waals surface area (Å²) in [5.74, 6) is -1.83. The Balaban J connectivity index is 1.74. The molecule has 1 aromatic heterocycles. The normalized spacial score (nSPS) is 17.1. The summed E-state index contributed by atoms with van der Waals surface area (Å²) in [4.78, 5) is 53.7. The maximum atomic E-state index is 12.6. The Labute approximate surface area is 175 Å². The van der Waals surface area contributed by atoms with Crippen LogP contribution < -0.4 is 4.74 Å². The summed E-state index contributed by atoms with van der Waals surface area (Å²) in [6, 6.07) is 6.71. The quantitative estimate of drug-likeness (QED) is 0.338. The number of thiophene rings is 1. The Kier molecular flexibility index (Phi) is 5.33. The Morgan fingerprint density at radius 1 is 1.20 bits per heavy atom. The van der Waals surface area contributed by atoms with Crippen molar-refractivity contribution >= 4 is 46.6 Å². The molecule has 0 saturated carbocycles. The first kappa shape index (κ1) is 20.1. The van der Waals surface area contributed by atoms with E-state index < -0.39 is 24.1 Å². The van der Waals surface area contributed by atoms with Crippen LogP contribution in [0.4, 0.5) is 0 Å². The summed E-state index contributed by atoms with van der Waals surface area (Å²) < 4.78 is 5.19. The number of hydrogen-bond acceptors (Lipinski definition) is 8. The van der Waals surface area contributed by atoms with Crippen molar-refractivity contribution in [1.82, 2.24) is 5.06 Å². The predicted octanol–water partition coefficient (Wildman–Crippen LogP) is 2.41. The van der Waals surface area contributed by atoms with E-state index in [-0.39, 0.29) is 36.4 Å². The molecule has 2 heterocycles. The van der Waals surface area contributed by atoms with Gasteiger partial charge in [-0.25, -0.2) is 4.84 Å². The molecule has 2 aliphatic rings. The zero-order valence-corrected chi connectivity index (χ0v) is 16.7. The van der Waals surface area contributed by atoms with E-state index >= 15 is 0 Å². The van der Waals surface area contributed by atoms with Gasteiger partial charge in [0.15, 0.2) is 5.78 Å². The average Bonchev–Trinajstić information content (AvgIpc) is 3.32. The van der Waals surface area contributed by atoms with Crippen molar-refractivity contribution in [3.63, 3.8) is 0 Å². The number of aliphatic hydroxyl groups excluding tert-OH is 1. The summed E-state index contributed by atoms with van der Waals surface area (Å²) in [5.41, 5.74) is 1.88. The molecule has 154 valence electrons. The van der Waals surface area contributed by atoms with Crippen LogP contribution in [0.1, 0.15) is 47.6 Å². The summed E-state index contributed by atoms with van der Waals surface area (Å²) in [6.07, 6.45) is 0.0795. The molecule has 2 amide bonds. The van der Waals surface area contributed by atoms with E-state index in [1.165, 1.54) is 30.4 Å². The first-order valence-electron chi connectivity index (χ1n) is 9.18. The molecule has 4 rings (SSSR count). The molecule has 8 nitrogen and oxygen atoms in total. The van der Waals surface area contributed by atoms with E-state index in [2.05, 4.69) is 0 Å². The zero-order valence-electron chi connectivity index (χ0n) is 15.9. The number of imide groups is 1. The topological polar surface area (TPSA) is 110 Å². The molecule has 1 saturated heterocycles. The molecule has 0 radical (unpaired) electrons. The van der Waals surface area contributed by atoms with Crippen molar-refractivity contribution in [2.75, 3.05) is 0 Å². The lowest BCUT2D eigenvalue weighted by Gasteiger charge is -2.23. The number of esters is 1. The van der Waals surface area contributed by atoms with Crippen LogP contribution in [0.3, 0.4) is 0 Å². The van der Waals surface area contributed by atoms with Gasteiger partial charge < -0.3 is 9.84 Å². The van der Waals surface area contributed by atoms with Crippen LogP contribution in [0.2, 0.25) is 0 Å². The standard InChI is InChI=1S/C21H17NO7S/c1-11(23)28-17-10-13-9-16(24)14(18-3-2-6-30-18)7-12(13)8-15(17)21(27)29-22-19(25)4-5-20(22)26/h2-3,6-8,10,21,27H,4-5,9H2,1H3. The fourth-order valence-electron chi connectivity index (χ4n) is 3.35. The van der Waals surface area contributed by atoms with Gasteiger partial charge in [-0.3, -0.25) is 19.2 Å². The number of ketones is 1. The highest BCUT2D eigenvalue weighted by molar-refractivity contribution is 7.11. The third kappa shape index (κ3) is 3.82. The number of hydroxylamine groups is 2. The number of rotatable bonds is 5. The summed E-state index contributed by atoms with van der Waals surface area (Å²) >= 11 is 1.44. The van der Waals surface area contributed by atoms with E-state index in [1.807, 2.05) is 17.5 Å². The van der Waals surface area contributed by atoms with E-state index in [1.54, 1.807) is 6.08 Å². The number of fused-ring (bicyclic) bond motifs is 1. The van der Waals surface area contributed by atoms with Crippen LogP contribution in [0, 0.1) is 0 Å². The van der Waals surface area contributed by atoms with Gasteiger partial charge >= 0.3 is 5.97 Å². The van der Waals surface area contributed by atoms with Crippen LogP contribution in [-0.2, 0) is 30.4 Å². The van der Waals surface area contributed by atoms with Gasteiger partial charge in [0.05, 0.1) is 5.56 Å². The van der Waals surface area contributed by atoms with Gasteiger partial charge in [0.1, 0.15) is 5.75 Å². The van der Waals surface area contributed by atoms with Crippen LogP contribution in [0.15, 0.2) is 29.6 Å². The molecule has 0 bridgehead atoms. The van der Waals surface area contributed by atoms with Crippen molar-refractivity contribution in [3.8, 4) is 5.75 Å². The number of nitrogens with zero attached hydrogens (tertiary/aromatic N) is 1. The molecule has 1 N–H and O–H groups in total. The Bertz CT molecular complexity index is 1070. The monoisotopic (exact) mass is 427 g/mol. The fraction of sp³-hybridized carbons (Fsp3) is 0.238. The second kappa shape index (κ2) is 7.94. The third-order valence-corrected chi connectivity index (χ3v) is 5.64. The van der Waals surface area contributed by atoms with Crippen molar-refractivity contribution < 1.29 is 33.9 Å². The molecular weight excluding hydrogens is 410 g/mol. The van der Waals surface area contributed by atoms with Gasteiger partial charge in [0, 0.05) is 36.6 Å². The highest BCUT2D eigenvalue weighted by atomic mass is 32.1. The Morgan fingerprint density at radius 3 is 2.57 bits per heavy atom. The summed E-state index contributed by atoms with van der Waals surface area (Å²) in [7, 11) is 0. The average molecular weight is 427 g/mol. The van der Waals surface area contributed by atoms with Crippen molar-refractivity contribution in [2.24, 2.45) is 0 Å². The number of benzene rings is 1. The molecule has 1 aliphatic carbocycles.